The van der Waals surface area contributed by atoms with Gasteiger partial charge in [0.15, 0.2) is 0 Å². The van der Waals surface area contributed by atoms with Crippen molar-refractivity contribution < 1.29 is 13.2 Å². The highest BCUT2D eigenvalue weighted by Gasteiger charge is 1.80. The van der Waals surface area contributed by atoms with Crippen molar-refractivity contribution in [2.75, 3.05) is 0 Å². The largest absolute Gasteiger partial charge is 0.353 e. The predicted octanol–water partition coefficient (Wildman–Crippen LogP) is -1.00. The number of aromatic nitrogens is 3. The lowest BCUT2D eigenvalue weighted by atomic mass is 10.7. The van der Waals surface area contributed by atoms with Crippen molar-refractivity contribution in [1.82, 2.24) is 15.4 Å². The summed E-state index contributed by atoms with van der Waals surface area (Å²) in [5, 5.41) is 10.1. The number of carbonyl (C=O) groups is 1. The summed E-state index contributed by atoms with van der Waals surface area (Å²) in [6.45, 7) is 0. The Kier molecular flexibility index (Phi) is 5.80. The van der Waals surface area contributed by atoms with E-state index < -0.39 is 16.5 Å². The summed E-state index contributed by atoms with van der Waals surface area (Å²) in [6, 6.07) is 0.515. The molecule has 2 amide bonds. The maximum atomic E-state index is 9.47. The number of nitrogens with two attached hydrogens (primary N) is 1. The molecule has 0 unspecified atom stereocenters. The van der Waals surface area contributed by atoms with E-state index in [2.05, 4.69) is 25.5 Å². The highest BCUT2D eigenvalue weighted by molar-refractivity contribution is 7.62. The van der Waals surface area contributed by atoms with Crippen LogP contribution in [-0.2, 0) is 10.5 Å². The zero-order chi connectivity index (χ0) is 10.1. The molecule has 2 N–H and O–H groups in total. The average Bonchev–Trinajstić information content (AvgIpc) is 2.06. The van der Waals surface area contributed by atoms with E-state index in [9.17, 15) is 13.2 Å². The van der Waals surface area contributed by atoms with E-state index in [4.69, 9.17) is 0 Å². The number of carbonyl (C=O) groups excluding carboxylic acids is 1. The molecule has 0 spiro atoms. The first-order chi connectivity index (χ1) is 6.13. The SMILES string of the molecule is NC(=O)N=S(=O)=O.c1cnnnc1. The van der Waals surface area contributed by atoms with Crippen LogP contribution in [-0.4, -0.2) is 29.9 Å². The van der Waals surface area contributed by atoms with Crippen molar-refractivity contribution in [3.05, 3.63) is 18.5 Å². The second-order valence-corrected chi connectivity index (χ2v) is 2.07. The molecule has 1 aromatic rings. The first-order valence-electron chi connectivity index (χ1n) is 2.82. The van der Waals surface area contributed by atoms with Crippen LogP contribution >= 0.6 is 0 Å². The second kappa shape index (κ2) is 6.79. The first kappa shape index (κ1) is 11.1. The number of amides is 2. The van der Waals surface area contributed by atoms with Crippen molar-refractivity contribution in [2.45, 2.75) is 0 Å². The Balaban J connectivity index is 0.000000223. The van der Waals surface area contributed by atoms with Crippen LogP contribution in [0.2, 0.25) is 0 Å². The Hall–Kier alpha value is -1.90. The number of nitrogens with zero attached hydrogens (tertiary/aromatic N) is 4. The molecule has 0 aliphatic rings. The summed E-state index contributed by atoms with van der Waals surface area (Å²) in [4.78, 5) is 9.47. The monoisotopic (exact) mass is 203 g/mol. The van der Waals surface area contributed by atoms with Gasteiger partial charge in [-0.1, -0.05) is 4.36 Å². The highest BCUT2D eigenvalue weighted by atomic mass is 32.2. The van der Waals surface area contributed by atoms with Crippen LogP contribution in [0.1, 0.15) is 0 Å². The van der Waals surface area contributed by atoms with Crippen molar-refractivity contribution >= 4 is 16.5 Å². The molecule has 0 bridgehead atoms. The normalized spacial score (nSPS) is 7.69. The van der Waals surface area contributed by atoms with Crippen LogP contribution in [0, 0.1) is 0 Å². The van der Waals surface area contributed by atoms with Crippen LogP contribution in [0.15, 0.2) is 22.8 Å². The van der Waals surface area contributed by atoms with Crippen molar-refractivity contribution in [2.24, 2.45) is 10.1 Å². The van der Waals surface area contributed by atoms with Gasteiger partial charge in [-0.15, -0.1) is 10.2 Å². The summed E-state index contributed by atoms with van der Waals surface area (Å²) in [6.07, 6.45) is 3.15. The summed E-state index contributed by atoms with van der Waals surface area (Å²) in [5.74, 6) is 0. The molecule has 0 fully saturated rings. The van der Waals surface area contributed by atoms with Gasteiger partial charge in [-0.2, -0.15) is 8.42 Å². The van der Waals surface area contributed by atoms with Gasteiger partial charge in [-0.05, 0) is 11.3 Å². The van der Waals surface area contributed by atoms with E-state index in [-0.39, 0.29) is 0 Å². The molecule has 9 heteroatoms. The molecule has 1 heterocycles. The van der Waals surface area contributed by atoms with Crippen LogP contribution < -0.4 is 5.73 Å². The summed E-state index contributed by atoms with van der Waals surface area (Å²) in [7, 11) is -2.70. The van der Waals surface area contributed by atoms with Crippen LogP contribution in [0.5, 0.6) is 0 Å². The first-order valence-corrected chi connectivity index (χ1v) is 3.85. The third-order valence-corrected chi connectivity index (χ3v) is 0.902. The topological polar surface area (TPSA) is 128 Å². The van der Waals surface area contributed by atoms with E-state index in [1.807, 2.05) is 0 Å². The van der Waals surface area contributed by atoms with Gasteiger partial charge in [-0.3, -0.25) is 0 Å². The average molecular weight is 203 g/mol. The lowest BCUT2D eigenvalue weighted by Crippen LogP contribution is -2.02. The van der Waals surface area contributed by atoms with E-state index >= 15 is 0 Å². The maximum absolute atomic E-state index is 9.47. The number of urea groups is 1. The molecule has 13 heavy (non-hydrogen) atoms. The van der Waals surface area contributed by atoms with Gasteiger partial charge < -0.3 is 5.73 Å². The highest BCUT2D eigenvalue weighted by Crippen LogP contribution is 1.62. The zero-order valence-corrected chi connectivity index (χ0v) is 7.05. The summed E-state index contributed by atoms with van der Waals surface area (Å²) in [5.41, 5.74) is 4.29. The fraction of sp³-hybridized carbons (Fsp3) is 0. The number of rotatable bonds is 0. The third kappa shape index (κ3) is 10.1. The molecule has 8 nitrogen and oxygen atoms in total. The molecular formula is C4H5N5O3S. The molecule has 70 valence electrons. The Morgan fingerprint density at radius 2 is 1.85 bits per heavy atom. The fourth-order valence-corrected chi connectivity index (χ4v) is 0.425. The van der Waals surface area contributed by atoms with Gasteiger partial charge in [0.2, 0.25) is 0 Å². The lowest BCUT2D eigenvalue weighted by molar-refractivity contribution is 0.257. The molecule has 0 aliphatic carbocycles. The van der Waals surface area contributed by atoms with Crippen molar-refractivity contribution in [3.63, 3.8) is 0 Å². The molecule has 1 rings (SSSR count). The van der Waals surface area contributed by atoms with Crippen molar-refractivity contribution in [1.29, 1.82) is 0 Å². The summed E-state index contributed by atoms with van der Waals surface area (Å²) < 4.78 is 21.0. The fourth-order valence-electron chi connectivity index (χ4n) is 0.278. The zero-order valence-electron chi connectivity index (χ0n) is 6.23. The molecule has 0 saturated carbocycles. The smallest absolute Gasteiger partial charge is 0.349 e. The second-order valence-electron chi connectivity index (χ2n) is 1.46. The Bertz CT molecular complexity index is 339. The van der Waals surface area contributed by atoms with Gasteiger partial charge in [0.25, 0.3) is 0 Å². The van der Waals surface area contributed by atoms with E-state index in [0.29, 0.717) is 0 Å². The quantitative estimate of drug-likeness (QED) is 0.575. The minimum Gasteiger partial charge on any atom is -0.349 e. The van der Waals surface area contributed by atoms with Crippen LogP contribution in [0.25, 0.3) is 0 Å². The Morgan fingerprint density at radius 3 is 1.92 bits per heavy atom. The molecule has 0 atom stereocenters. The van der Waals surface area contributed by atoms with Crippen LogP contribution in [0.4, 0.5) is 4.79 Å². The number of primary amides is 1. The minimum absolute atomic E-state index is 1.20. The standard InChI is InChI=1S/C3H3N3.CH2N2O3S/c1-2-4-6-5-3-1;2-1(4)3-7(5)6/h1-3H;(H2,2,4). The van der Waals surface area contributed by atoms with E-state index in [0.717, 1.165) is 0 Å². The van der Waals surface area contributed by atoms with Gasteiger partial charge in [-0.25, -0.2) is 4.79 Å². The maximum Gasteiger partial charge on any atom is 0.353 e. The number of hydrogen-bond donors (Lipinski definition) is 1. The van der Waals surface area contributed by atoms with Crippen molar-refractivity contribution in [3.8, 4) is 0 Å². The molecule has 0 saturated heterocycles. The van der Waals surface area contributed by atoms with Crippen LogP contribution in [0.3, 0.4) is 0 Å². The molecular weight excluding hydrogens is 198 g/mol. The number of hydrogen-bond acceptors (Lipinski definition) is 6. The predicted molar refractivity (Wildman–Crippen MR) is 40.8 cm³/mol. The van der Waals surface area contributed by atoms with Gasteiger partial charge >= 0.3 is 16.5 Å². The van der Waals surface area contributed by atoms with Gasteiger partial charge in [0.05, 0.1) is 12.4 Å². The lowest BCUT2D eigenvalue weighted by Gasteiger charge is -1.68. The van der Waals surface area contributed by atoms with Gasteiger partial charge in [0, 0.05) is 0 Å². The molecule has 1 aromatic heterocycles. The molecule has 0 aromatic carbocycles. The van der Waals surface area contributed by atoms with Gasteiger partial charge in [0.1, 0.15) is 0 Å². The third-order valence-electron chi connectivity index (χ3n) is 0.573. The van der Waals surface area contributed by atoms with E-state index in [1.165, 1.54) is 0 Å². The summed E-state index contributed by atoms with van der Waals surface area (Å²) >= 11 is 0. The van der Waals surface area contributed by atoms with E-state index in [1.54, 1.807) is 18.5 Å². The Labute approximate surface area is 74.5 Å². The molecule has 0 aliphatic heterocycles. The minimum atomic E-state index is -2.70. The molecule has 0 radical (unpaired) electrons. The Morgan fingerprint density at radius 1 is 1.31 bits per heavy atom.